The molecule has 15 heavy (non-hydrogen) atoms. The highest BCUT2D eigenvalue weighted by atomic mass is 16.2. The molecule has 0 saturated carbocycles. The van der Waals surface area contributed by atoms with Crippen LogP contribution in [0, 0.1) is 0 Å². The topological polar surface area (TPSA) is 70.7 Å². The number of hydrogen-bond donors (Lipinski definition) is 2. The maximum Gasteiger partial charge on any atom is 0.254 e. The smallest absolute Gasteiger partial charge is 0.254 e. The first-order chi connectivity index (χ1) is 7.16. The van der Waals surface area contributed by atoms with Gasteiger partial charge in [-0.2, -0.15) is 0 Å². The lowest BCUT2D eigenvalue weighted by atomic mass is 9.88. The van der Waals surface area contributed by atoms with Crippen LogP contribution < -0.4 is 11.1 Å². The van der Waals surface area contributed by atoms with Crippen LogP contribution in [0.5, 0.6) is 0 Å². The third-order valence-corrected chi connectivity index (χ3v) is 3.22. The molecule has 0 atom stereocenters. The lowest BCUT2D eigenvalue weighted by Crippen LogP contribution is -2.49. The van der Waals surface area contributed by atoms with E-state index in [-0.39, 0.29) is 11.9 Å². The summed E-state index contributed by atoms with van der Waals surface area (Å²) in [4.78, 5) is 18.3. The van der Waals surface area contributed by atoms with Crippen molar-refractivity contribution < 1.29 is 4.79 Å². The van der Waals surface area contributed by atoms with Crippen molar-refractivity contribution in [2.24, 2.45) is 10.7 Å². The number of nitrogens with two attached hydrogens (primary N) is 1. The second-order valence-electron chi connectivity index (χ2n) is 4.32. The average molecular weight is 210 g/mol. The zero-order chi connectivity index (χ0) is 10.9. The van der Waals surface area contributed by atoms with Crippen LogP contribution in [0.1, 0.15) is 26.2 Å². The number of likely N-dealkylation sites (tertiary alicyclic amines) is 1. The van der Waals surface area contributed by atoms with Crippen molar-refractivity contribution in [2.45, 2.75) is 31.7 Å². The van der Waals surface area contributed by atoms with E-state index in [0.717, 1.165) is 38.9 Å². The van der Waals surface area contributed by atoms with Gasteiger partial charge >= 0.3 is 0 Å². The second-order valence-corrected chi connectivity index (χ2v) is 4.32. The number of rotatable bonds is 2. The molecule has 1 saturated heterocycles. The quantitative estimate of drug-likeness (QED) is 0.656. The van der Waals surface area contributed by atoms with Crippen molar-refractivity contribution in [3.63, 3.8) is 0 Å². The largest absolute Gasteiger partial charge is 0.370 e. The molecule has 0 bridgehead atoms. The molecule has 2 heterocycles. The second kappa shape index (κ2) is 3.81. The first-order valence-electron chi connectivity index (χ1n) is 5.55. The van der Waals surface area contributed by atoms with Crippen LogP contribution >= 0.6 is 0 Å². The summed E-state index contributed by atoms with van der Waals surface area (Å²) in [6, 6.07) is 0. The molecule has 1 fully saturated rings. The normalized spacial score (nSPS) is 25.4. The highest BCUT2D eigenvalue weighted by molar-refractivity contribution is 6.06. The summed E-state index contributed by atoms with van der Waals surface area (Å²) in [7, 11) is 0. The zero-order valence-electron chi connectivity index (χ0n) is 9.12. The summed E-state index contributed by atoms with van der Waals surface area (Å²) in [5.41, 5.74) is 4.98. The molecule has 0 aliphatic carbocycles. The lowest BCUT2D eigenvalue weighted by Gasteiger charge is -2.35. The van der Waals surface area contributed by atoms with Crippen molar-refractivity contribution in [2.75, 3.05) is 19.6 Å². The van der Waals surface area contributed by atoms with Gasteiger partial charge < -0.3 is 10.6 Å². The van der Waals surface area contributed by atoms with E-state index >= 15 is 0 Å². The lowest BCUT2D eigenvalue weighted by molar-refractivity contribution is -0.125. The third-order valence-electron chi connectivity index (χ3n) is 3.22. The molecule has 2 aliphatic rings. The minimum absolute atomic E-state index is 0.0175. The minimum atomic E-state index is -0.547. The van der Waals surface area contributed by atoms with Crippen molar-refractivity contribution in [1.82, 2.24) is 10.2 Å². The number of hydrogen-bond acceptors (Lipinski definition) is 4. The summed E-state index contributed by atoms with van der Waals surface area (Å²) in [5.74, 6) is 0.264. The van der Waals surface area contributed by atoms with E-state index in [9.17, 15) is 4.79 Å². The molecule has 2 aliphatic heterocycles. The Hall–Kier alpha value is -1.10. The van der Waals surface area contributed by atoms with Gasteiger partial charge in [0, 0.05) is 13.1 Å². The number of piperidine rings is 1. The Labute approximate surface area is 89.7 Å². The van der Waals surface area contributed by atoms with Crippen LogP contribution in [-0.4, -0.2) is 41.9 Å². The van der Waals surface area contributed by atoms with Crippen LogP contribution in [0.25, 0.3) is 0 Å². The van der Waals surface area contributed by atoms with E-state index < -0.39 is 5.54 Å². The molecule has 0 aromatic heterocycles. The number of aliphatic imine (C=N–C) groups is 1. The number of guanidine groups is 1. The Bertz CT molecular complexity index is 292. The predicted octanol–water partition coefficient (Wildman–Crippen LogP) is -0.324. The summed E-state index contributed by atoms with van der Waals surface area (Å²) in [6.07, 6.45) is 2.74. The Balaban J connectivity index is 2.00. The van der Waals surface area contributed by atoms with E-state index in [1.165, 1.54) is 0 Å². The van der Waals surface area contributed by atoms with Crippen molar-refractivity contribution >= 4 is 11.9 Å². The maximum atomic E-state index is 11.7. The van der Waals surface area contributed by atoms with E-state index in [0.29, 0.717) is 0 Å². The molecule has 1 spiro atoms. The van der Waals surface area contributed by atoms with Gasteiger partial charge in [0.05, 0.1) is 0 Å². The van der Waals surface area contributed by atoms with Gasteiger partial charge in [0.1, 0.15) is 5.54 Å². The van der Waals surface area contributed by atoms with Gasteiger partial charge in [-0.3, -0.25) is 10.1 Å². The molecule has 5 nitrogen and oxygen atoms in total. The van der Waals surface area contributed by atoms with Gasteiger partial charge in [0.25, 0.3) is 5.91 Å². The van der Waals surface area contributed by atoms with E-state index in [2.05, 4.69) is 22.1 Å². The van der Waals surface area contributed by atoms with Gasteiger partial charge in [-0.05, 0) is 25.8 Å². The Morgan fingerprint density at radius 2 is 2.20 bits per heavy atom. The highest BCUT2D eigenvalue weighted by Crippen LogP contribution is 2.29. The Kier molecular flexibility index (Phi) is 2.65. The molecule has 5 heteroatoms. The van der Waals surface area contributed by atoms with Crippen LogP contribution in [0.2, 0.25) is 0 Å². The summed E-state index contributed by atoms with van der Waals surface area (Å²) in [6.45, 7) is 5.16. The van der Waals surface area contributed by atoms with Gasteiger partial charge in [-0.25, -0.2) is 4.99 Å². The van der Waals surface area contributed by atoms with Gasteiger partial charge in [0.15, 0.2) is 5.96 Å². The van der Waals surface area contributed by atoms with Gasteiger partial charge in [-0.15, -0.1) is 0 Å². The van der Waals surface area contributed by atoms with E-state index in [4.69, 9.17) is 5.73 Å². The molecule has 0 unspecified atom stereocenters. The fraction of sp³-hybridized carbons (Fsp3) is 0.800. The van der Waals surface area contributed by atoms with Crippen LogP contribution in [0.15, 0.2) is 4.99 Å². The first-order valence-corrected chi connectivity index (χ1v) is 5.55. The van der Waals surface area contributed by atoms with E-state index in [1.807, 2.05) is 0 Å². The standard InChI is InChI=1S/C10H18N4O/c1-2-5-14-6-3-10(4-7-14)8(15)12-9(11)13-10/h2-7H2,1H3,(H3,11,12,13,15). The summed E-state index contributed by atoms with van der Waals surface area (Å²) >= 11 is 0. The monoisotopic (exact) mass is 210 g/mol. The molecule has 1 amide bonds. The highest BCUT2D eigenvalue weighted by Gasteiger charge is 2.44. The van der Waals surface area contributed by atoms with Crippen LogP contribution in [0.3, 0.4) is 0 Å². The minimum Gasteiger partial charge on any atom is -0.370 e. The van der Waals surface area contributed by atoms with Gasteiger partial charge in [-0.1, -0.05) is 6.92 Å². The molecular formula is C10H18N4O. The molecular weight excluding hydrogens is 192 g/mol. The molecule has 0 aromatic rings. The third kappa shape index (κ3) is 1.84. The summed E-state index contributed by atoms with van der Waals surface area (Å²) in [5, 5.41) is 2.59. The van der Waals surface area contributed by atoms with Gasteiger partial charge in [0.2, 0.25) is 0 Å². The number of carbonyl (C=O) groups is 1. The fourth-order valence-corrected chi connectivity index (χ4v) is 2.34. The first kappa shape index (κ1) is 10.4. The SMILES string of the molecule is CCCN1CCC2(CC1)N=C(N)NC2=O. The number of amides is 1. The zero-order valence-corrected chi connectivity index (χ0v) is 9.12. The van der Waals surface area contributed by atoms with Crippen molar-refractivity contribution in [3.8, 4) is 0 Å². The maximum absolute atomic E-state index is 11.7. The number of nitrogens with one attached hydrogen (secondary N) is 1. The van der Waals surface area contributed by atoms with Crippen molar-refractivity contribution in [1.29, 1.82) is 0 Å². The molecule has 2 rings (SSSR count). The molecule has 84 valence electrons. The number of carbonyl (C=O) groups excluding carboxylic acids is 1. The Morgan fingerprint density at radius 1 is 1.53 bits per heavy atom. The fourth-order valence-electron chi connectivity index (χ4n) is 2.34. The number of nitrogens with zero attached hydrogens (tertiary/aromatic N) is 2. The van der Waals surface area contributed by atoms with E-state index in [1.54, 1.807) is 0 Å². The van der Waals surface area contributed by atoms with Crippen LogP contribution in [-0.2, 0) is 4.79 Å². The van der Waals surface area contributed by atoms with Crippen LogP contribution in [0.4, 0.5) is 0 Å². The predicted molar refractivity (Wildman–Crippen MR) is 58.5 cm³/mol. The Morgan fingerprint density at radius 3 is 2.67 bits per heavy atom. The molecule has 0 aromatic carbocycles. The molecule has 0 radical (unpaired) electrons. The van der Waals surface area contributed by atoms with Crippen molar-refractivity contribution in [3.05, 3.63) is 0 Å². The molecule has 3 N–H and O–H groups in total. The summed E-state index contributed by atoms with van der Waals surface area (Å²) < 4.78 is 0. The average Bonchev–Trinajstić information content (AvgIpc) is 2.47.